The number of carbonyl (C=O) groups is 4. The lowest BCUT2D eigenvalue weighted by molar-refractivity contribution is 0.00501. The number of aromatic hydroxyl groups is 3. The third-order valence-electron chi connectivity index (χ3n) is 9.94. The van der Waals surface area contributed by atoms with Gasteiger partial charge in [-0.3, -0.25) is 0 Å². The van der Waals surface area contributed by atoms with E-state index in [4.69, 9.17) is 43.7 Å². The van der Waals surface area contributed by atoms with Crippen LogP contribution in [0.25, 0.3) is 0 Å². The normalized spacial score (nSPS) is 10.3. The lowest BCUT2D eigenvalue weighted by Gasteiger charge is -2.19. The number of phenols is 3. The molecular formula is C69H67Br4N7O14. The molecule has 0 aliphatic rings. The first-order valence-electron chi connectivity index (χ1n) is 28.0. The smallest absolute Gasteiger partial charge is 0.357 e. The van der Waals surface area contributed by atoms with Crippen molar-refractivity contribution in [2.75, 3.05) is 0 Å². The molecule has 0 bridgehead atoms. The minimum Gasteiger partial charge on any atom is -0.508 e. The molecule has 0 saturated carbocycles. The molecule has 0 spiro atoms. The number of benzene rings is 3. The highest BCUT2D eigenvalue weighted by atomic mass is 79.9. The first kappa shape index (κ1) is 76.8. The first-order valence-corrected chi connectivity index (χ1v) is 31.1. The van der Waals surface area contributed by atoms with Crippen molar-refractivity contribution in [2.24, 2.45) is 0 Å². The number of halogens is 4. The fraction of sp³-hybridized carbons (Fsp3) is 0.174. The van der Waals surface area contributed by atoms with Crippen LogP contribution in [0.3, 0.4) is 0 Å². The Morgan fingerprint density at radius 2 is 0.638 bits per heavy atom. The van der Waals surface area contributed by atoms with Gasteiger partial charge in [-0.15, -0.1) is 0 Å². The maximum atomic E-state index is 12.2. The number of ether oxygens (including phenoxy) is 6. The molecule has 0 radical (unpaired) electrons. The predicted octanol–water partition coefficient (Wildman–Crippen LogP) is 17.7. The lowest BCUT2D eigenvalue weighted by Crippen LogP contribution is -2.24. The van der Waals surface area contributed by atoms with Gasteiger partial charge < -0.3 is 48.8 Å². The molecule has 0 atom stereocenters. The van der Waals surface area contributed by atoms with Crippen molar-refractivity contribution in [3.8, 4) is 52.1 Å². The van der Waals surface area contributed by atoms with Gasteiger partial charge in [-0.1, -0.05) is 60.7 Å². The van der Waals surface area contributed by atoms with Crippen LogP contribution in [0.4, 0.5) is 0 Å². The number of carboxylic acids is 1. The van der Waals surface area contributed by atoms with Crippen LogP contribution in [0, 0.1) is 0 Å². The maximum Gasteiger partial charge on any atom is 0.357 e. The molecule has 0 aliphatic carbocycles. The molecule has 4 N–H and O–H groups in total. The largest absolute Gasteiger partial charge is 0.508 e. The van der Waals surface area contributed by atoms with Crippen molar-refractivity contribution < 1.29 is 68.0 Å². The molecule has 0 fully saturated rings. The Kier molecular flexibility index (Phi) is 31.8. The number of phenolic OH excluding ortho intramolecular Hbond substituents is 3. The van der Waals surface area contributed by atoms with E-state index in [2.05, 4.69) is 98.6 Å². The van der Waals surface area contributed by atoms with Gasteiger partial charge in [0.05, 0.1) is 0 Å². The molecule has 0 aliphatic heterocycles. The van der Waals surface area contributed by atoms with E-state index < -0.39 is 40.7 Å². The first-order chi connectivity index (χ1) is 44.4. The highest BCUT2D eigenvalue weighted by Crippen LogP contribution is 2.28. The Bertz CT molecular complexity index is 3890. The summed E-state index contributed by atoms with van der Waals surface area (Å²) in [4.78, 5) is 73.4. The fourth-order valence-corrected chi connectivity index (χ4v) is 7.61. The molecule has 94 heavy (non-hydrogen) atoms. The zero-order valence-electron chi connectivity index (χ0n) is 52.3. The van der Waals surface area contributed by atoms with Crippen LogP contribution in [-0.2, 0) is 14.2 Å². The number of aromatic carboxylic acids is 1. The summed E-state index contributed by atoms with van der Waals surface area (Å²) in [5, 5.41) is 34.9. The molecule has 3 aromatic carbocycles. The summed E-state index contributed by atoms with van der Waals surface area (Å²) in [5.74, 6) is 0.995. The Hall–Kier alpha value is -9.69. The van der Waals surface area contributed by atoms with Crippen molar-refractivity contribution in [1.29, 1.82) is 0 Å². The highest BCUT2D eigenvalue weighted by molar-refractivity contribution is 9.11. The predicted molar refractivity (Wildman–Crippen MR) is 367 cm³/mol. The van der Waals surface area contributed by atoms with Crippen molar-refractivity contribution in [3.05, 3.63) is 260 Å². The van der Waals surface area contributed by atoms with E-state index in [9.17, 15) is 24.3 Å². The van der Waals surface area contributed by atoms with Crippen LogP contribution < -0.4 is 14.2 Å². The second-order valence-corrected chi connectivity index (χ2v) is 24.7. The summed E-state index contributed by atoms with van der Waals surface area (Å²) in [6.45, 7) is 16.3. The Balaban J connectivity index is 0.000000245. The van der Waals surface area contributed by atoms with Crippen LogP contribution in [0.2, 0.25) is 0 Å². The molecule has 0 saturated heterocycles. The van der Waals surface area contributed by atoms with Crippen molar-refractivity contribution in [3.63, 3.8) is 0 Å². The van der Waals surface area contributed by atoms with Gasteiger partial charge in [0, 0.05) is 55.0 Å². The number of rotatable bonds is 10. The molecule has 21 nitrogen and oxygen atoms in total. The summed E-state index contributed by atoms with van der Waals surface area (Å²) >= 11 is 12.6. The van der Waals surface area contributed by atoms with Gasteiger partial charge in [-0.2, -0.15) is 0 Å². The van der Waals surface area contributed by atoms with Gasteiger partial charge in [-0.25, -0.2) is 54.1 Å². The average molecular weight is 1540 g/mol. The summed E-state index contributed by atoms with van der Waals surface area (Å²) in [6, 6.07) is 56.0. The summed E-state index contributed by atoms with van der Waals surface area (Å²) in [7, 11) is 0. The minimum absolute atomic E-state index is 0.0503. The second-order valence-electron chi connectivity index (χ2n) is 21.5. The van der Waals surface area contributed by atoms with Gasteiger partial charge in [0.15, 0.2) is 5.69 Å². The molecule has 10 aromatic rings. The fourth-order valence-electron chi connectivity index (χ4n) is 6.31. The van der Waals surface area contributed by atoms with Gasteiger partial charge in [0.2, 0.25) is 17.6 Å². The molecule has 10 rings (SSSR count). The molecule has 7 aromatic heterocycles. The molecular weight excluding hydrogens is 1470 g/mol. The Labute approximate surface area is 577 Å². The van der Waals surface area contributed by atoms with Crippen LogP contribution in [0.5, 0.6) is 52.1 Å². The number of carboxylic acid groups (broad SMARTS) is 1. The highest BCUT2D eigenvalue weighted by Gasteiger charge is 2.21. The molecule has 0 unspecified atom stereocenters. The van der Waals surface area contributed by atoms with Gasteiger partial charge >= 0.3 is 23.9 Å². The average Bonchev–Trinajstić information content (AvgIpc) is 0.967. The number of hydrogen-bond donors (Lipinski definition) is 4. The van der Waals surface area contributed by atoms with Crippen LogP contribution in [0.15, 0.2) is 237 Å². The van der Waals surface area contributed by atoms with E-state index in [1.807, 2.05) is 84.0 Å². The van der Waals surface area contributed by atoms with Gasteiger partial charge in [-0.05, 0) is 229 Å². The number of esters is 3. The number of nitrogens with zero attached hydrogens (tertiary/aromatic N) is 7. The van der Waals surface area contributed by atoms with E-state index >= 15 is 0 Å². The Morgan fingerprint density at radius 3 is 0.957 bits per heavy atom. The third-order valence-corrected chi connectivity index (χ3v) is 11.7. The van der Waals surface area contributed by atoms with E-state index in [0.29, 0.717) is 54.2 Å². The van der Waals surface area contributed by atoms with Crippen LogP contribution >= 0.6 is 63.7 Å². The summed E-state index contributed by atoms with van der Waals surface area (Å²) in [5.41, 5.74) is -0.698. The van der Waals surface area contributed by atoms with Crippen LogP contribution in [-0.4, -0.2) is 96.0 Å². The number of carbonyl (C=O) groups excluding carboxylic acids is 3. The maximum absolute atomic E-state index is 12.2. The zero-order valence-corrected chi connectivity index (χ0v) is 58.6. The van der Waals surface area contributed by atoms with Crippen LogP contribution in [0.1, 0.15) is 104 Å². The SMILES string of the molecule is Brc1ccccn1.CC(C)(C)OC(=O)c1cccc(Br)n1.CC(C)(C)OC(=O)c1cccc(Br)n1.CC(C)(C)OC(=O)c1cccc(Oc2cccc(Oc3ccccn3)c2)n1.O=C(O)c1cccc(Br)n1.Oc1cccc(O)c1.Oc1cccc(Oc2ccccn2)c1. The summed E-state index contributed by atoms with van der Waals surface area (Å²) < 4.78 is 35.1. The van der Waals surface area contributed by atoms with E-state index in [1.165, 1.54) is 30.3 Å². The molecule has 0 amide bonds. The molecule has 25 heteroatoms. The van der Waals surface area contributed by atoms with Crippen molar-refractivity contribution in [2.45, 2.75) is 79.1 Å². The number of aromatic nitrogens is 7. The molecule has 7 heterocycles. The van der Waals surface area contributed by atoms with Gasteiger partial charge in [0.1, 0.15) is 86.8 Å². The number of hydrogen-bond acceptors (Lipinski definition) is 20. The molecule has 490 valence electrons. The zero-order chi connectivity index (χ0) is 69.3. The van der Waals surface area contributed by atoms with E-state index in [0.717, 1.165) is 4.60 Å². The Morgan fingerprint density at radius 1 is 0.330 bits per heavy atom. The standard InChI is InChI=1S/C21H20N2O4.C11H9NO2.2C10H12BrNO2.C6H4BrNO2.C6H6O2.C5H4BrN/c1-21(2,3)27-20(24)17-10-7-12-19(23-17)26-16-9-6-8-15(14-16)25-18-11-4-5-13-22-18;13-9-4-3-5-10(8-9)14-11-6-1-2-7-12-11;2*1-10(2,3)14-9(13)7-5-4-6-8(11)12-7;7-5-3-1-2-4(8-5)6(9)10;7-5-2-1-3-6(8)4-5;6-5-3-1-2-4-7-5/h4-14H,1-3H3;1-8,13H;2*4-6H,1-3H3;1-3H,(H,9,10);1-4,7-8H;1-4H. The number of pyridine rings is 7. The monoisotopic (exact) mass is 1530 g/mol. The third kappa shape index (κ3) is 33.6. The summed E-state index contributed by atoms with van der Waals surface area (Å²) in [6.07, 6.45) is 5.05. The lowest BCUT2D eigenvalue weighted by atomic mass is 10.2. The van der Waals surface area contributed by atoms with E-state index in [1.54, 1.807) is 167 Å². The van der Waals surface area contributed by atoms with Crippen molar-refractivity contribution >= 4 is 87.6 Å². The van der Waals surface area contributed by atoms with Gasteiger partial charge in [0.25, 0.3) is 0 Å². The van der Waals surface area contributed by atoms with E-state index in [-0.39, 0.29) is 34.5 Å². The second kappa shape index (κ2) is 39.0. The van der Waals surface area contributed by atoms with Crippen molar-refractivity contribution in [1.82, 2.24) is 34.9 Å². The minimum atomic E-state index is -1.01. The quantitative estimate of drug-likeness (QED) is 0.0562. The topological polar surface area (TPSA) is 295 Å².